The Hall–Kier alpha value is -1.65. The van der Waals surface area contributed by atoms with Crippen LogP contribution in [0, 0.1) is 0 Å². The Morgan fingerprint density at radius 3 is 2.85 bits per heavy atom. The van der Waals surface area contributed by atoms with Crippen molar-refractivity contribution in [1.29, 1.82) is 0 Å². The van der Waals surface area contributed by atoms with E-state index in [-0.39, 0.29) is 11.9 Å². The summed E-state index contributed by atoms with van der Waals surface area (Å²) >= 11 is 0. The van der Waals surface area contributed by atoms with Gasteiger partial charge in [-0.3, -0.25) is 14.5 Å². The number of aryl methyl sites for hydroxylation is 1. The van der Waals surface area contributed by atoms with Crippen LogP contribution >= 0.6 is 0 Å². The zero-order chi connectivity index (χ0) is 9.42. The number of aliphatic imine (C=N–C) groups is 1. The number of rotatable bonds is 1. The predicted molar refractivity (Wildman–Crippen MR) is 47.3 cm³/mol. The number of hydrogen-bond acceptors (Lipinski definition) is 3. The highest BCUT2D eigenvalue weighted by Crippen LogP contribution is 2.04. The molecule has 1 atom stereocenters. The van der Waals surface area contributed by atoms with Crippen LogP contribution in [0.15, 0.2) is 17.3 Å². The van der Waals surface area contributed by atoms with Gasteiger partial charge in [-0.05, 0) is 13.0 Å². The first-order chi connectivity index (χ1) is 6.16. The third-order valence-corrected chi connectivity index (χ3v) is 1.90. The van der Waals surface area contributed by atoms with Gasteiger partial charge in [-0.15, -0.1) is 0 Å². The molecule has 1 aliphatic heterocycles. The van der Waals surface area contributed by atoms with Crippen molar-refractivity contribution in [1.82, 2.24) is 15.1 Å². The summed E-state index contributed by atoms with van der Waals surface area (Å²) in [4.78, 5) is 15.2. The van der Waals surface area contributed by atoms with Crippen LogP contribution in [0.4, 0.5) is 0 Å². The first kappa shape index (κ1) is 7.97. The molecule has 1 aromatic rings. The van der Waals surface area contributed by atoms with Gasteiger partial charge in [0.15, 0.2) is 5.84 Å². The minimum Gasteiger partial charge on any atom is -0.307 e. The van der Waals surface area contributed by atoms with Gasteiger partial charge in [0, 0.05) is 13.2 Å². The van der Waals surface area contributed by atoms with Crippen LogP contribution in [0.25, 0.3) is 0 Å². The van der Waals surface area contributed by atoms with Crippen molar-refractivity contribution in [3.63, 3.8) is 0 Å². The summed E-state index contributed by atoms with van der Waals surface area (Å²) < 4.78 is 1.67. The molecule has 5 heteroatoms. The van der Waals surface area contributed by atoms with Crippen molar-refractivity contribution in [2.75, 3.05) is 0 Å². The van der Waals surface area contributed by atoms with Crippen molar-refractivity contribution in [2.24, 2.45) is 12.0 Å². The fourth-order valence-corrected chi connectivity index (χ4v) is 1.18. The molecule has 0 saturated heterocycles. The number of carbonyl (C=O) groups is 1. The maximum atomic E-state index is 11.1. The van der Waals surface area contributed by atoms with Crippen molar-refractivity contribution < 1.29 is 4.79 Å². The average molecular weight is 178 g/mol. The Balaban J connectivity index is 2.29. The minimum absolute atomic E-state index is 0.0688. The van der Waals surface area contributed by atoms with Gasteiger partial charge in [0.1, 0.15) is 11.7 Å². The number of amides is 1. The van der Waals surface area contributed by atoms with E-state index in [1.54, 1.807) is 11.6 Å². The van der Waals surface area contributed by atoms with E-state index in [0.29, 0.717) is 11.5 Å². The minimum atomic E-state index is -0.294. The topological polar surface area (TPSA) is 59.3 Å². The Morgan fingerprint density at radius 2 is 2.38 bits per heavy atom. The molecule has 0 aromatic carbocycles. The van der Waals surface area contributed by atoms with Crippen LogP contribution in [0.3, 0.4) is 0 Å². The van der Waals surface area contributed by atoms with E-state index < -0.39 is 0 Å². The van der Waals surface area contributed by atoms with Gasteiger partial charge < -0.3 is 5.32 Å². The van der Waals surface area contributed by atoms with Crippen LogP contribution in [0.2, 0.25) is 0 Å². The second kappa shape index (κ2) is 2.69. The molecule has 5 nitrogen and oxygen atoms in total. The highest BCUT2D eigenvalue weighted by atomic mass is 16.2. The molecule has 0 aliphatic carbocycles. The molecule has 2 rings (SSSR count). The molecular weight excluding hydrogens is 168 g/mol. The van der Waals surface area contributed by atoms with E-state index in [1.165, 1.54) is 0 Å². The summed E-state index contributed by atoms with van der Waals surface area (Å²) in [6.07, 6.45) is 1.81. The summed E-state index contributed by atoms with van der Waals surface area (Å²) in [6.45, 7) is 1.76. The van der Waals surface area contributed by atoms with Crippen LogP contribution in [-0.4, -0.2) is 27.6 Å². The zero-order valence-electron chi connectivity index (χ0n) is 7.48. The molecule has 0 spiro atoms. The molecule has 1 aliphatic rings. The monoisotopic (exact) mass is 178 g/mol. The van der Waals surface area contributed by atoms with Gasteiger partial charge in [-0.25, -0.2) is 0 Å². The van der Waals surface area contributed by atoms with Crippen molar-refractivity contribution in [2.45, 2.75) is 13.0 Å². The lowest BCUT2D eigenvalue weighted by molar-refractivity contribution is -0.119. The SMILES string of the molecule is CC1N=C(c2ccn(C)n2)NC1=O. The van der Waals surface area contributed by atoms with Crippen LogP contribution < -0.4 is 5.32 Å². The zero-order valence-corrected chi connectivity index (χ0v) is 7.48. The van der Waals surface area contributed by atoms with Gasteiger partial charge in [0.25, 0.3) is 0 Å². The lowest BCUT2D eigenvalue weighted by Gasteiger charge is -1.94. The lowest BCUT2D eigenvalue weighted by atomic mass is 10.4. The molecular formula is C8H10N4O. The first-order valence-corrected chi connectivity index (χ1v) is 4.05. The number of hydrogen-bond donors (Lipinski definition) is 1. The number of amidine groups is 1. The average Bonchev–Trinajstić information content (AvgIpc) is 2.61. The number of carbonyl (C=O) groups excluding carboxylic acids is 1. The normalized spacial score (nSPS) is 21.5. The third-order valence-electron chi connectivity index (χ3n) is 1.90. The highest BCUT2D eigenvalue weighted by Gasteiger charge is 2.23. The summed E-state index contributed by atoms with van der Waals surface area (Å²) in [5.74, 6) is 0.499. The molecule has 1 N–H and O–H groups in total. The fourth-order valence-electron chi connectivity index (χ4n) is 1.18. The quantitative estimate of drug-likeness (QED) is 0.641. The Bertz CT molecular complexity index is 379. The van der Waals surface area contributed by atoms with Crippen LogP contribution in [0.5, 0.6) is 0 Å². The van der Waals surface area contributed by atoms with Crippen molar-refractivity contribution >= 4 is 11.7 Å². The molecule has 1 amide bonds. The molecule has 68 valence electrons. The molecule has 0 saturated carbocycles. The summed E-state index contributed by atoms with van der Waals surface area (Å²) in [5.41, 5.74) is 0.709. The smallest absolute Gasteiger partial charge is 0.250 e. The number of aromatic nitrogens is 2. The van der Waals surface area contributed by atoms with Crippen molar-refractivity contribution in [3.8, 4) is 0 Å². The van der Waals surface area contributed by atoms with E-state index in [0.717, 1.165) is 0 Å². The number of nitrogens with one attached hydrogen (secondary N) is 1. The van der Waals surface area contributed by atoms with Crippen molar-refractivity contribution in [3.05, 3.63) is 18.0 Å². The Labute approximate surface area is 75.5 Å². The summed E-state index contributed by atoms with van der Waals surface area (Å²) in [5, 5.41) is 6.80. The van der Waals surface area contributed by atoms with Gasteiger partial charge >= 0.3 is 0 Å². The van der Waals surface area contributed by atoms with Gasteiger partial charge in [-0.2, -0.15) is 5.10 Å². The molecule has 1 unspecified atom stereocenters. The second-order valence-corrected chi connectivity index (χ2v) is 3.02. The Kier molecular flexibility index (Phi) is 1.65. The first-order valence-electron chi connectivity index (χ1n) is 4.05. The molecule has 0 bridgehead atoms. The van der Waals surface area contributed by atoms with Gasteiger partial charge in [-0.1, -0.05) is 0 Å². The largest absolute Gasteiger partial charge is 0.307 e. The van der Waals surface area contributed by atoms with E-state index in [9.17, 15) is 4.79 Å². The van der Waals surface area contributed by atoms with E-state index in [4.69, 9.17) is 0 Å². The van der Waals surface area contributed by atoms with Gasteiger partial charge in [0.2, 0.25) is 5.91 Å². The molecule has 1 aromatic heterocycles. The maximum Gasteiger partial charge on any atom is 0.250 e. The summed E-state index contributed by atoms with van der Waals surface area (Å²) in [6, 6.07) is 1.52. The summed E-state index contributed by atoms with van der Waals surface area (Å²) in [7, 11) is 1.82. The Morgan fingerprint density at radius 1 is 1.62 bits per heavy atom. The van der Waals surface area contributed by atoms with Gasteiger partial charge in [0.05, 0.1) is 0 Å². The fraction of sp³-hybridized carbons (Fsp3) is 0.375. The third kappa shape index (κ3) is 1.32. The van der Waals surface area contributed by atoms with E-state index >= 15 is 0 Å². The molecule has 0 fully saturated rings. The van der Waals surface area contributed by atoms with Crippen LogP contribution in [-0.2, 0) is 11.8 Å². The maximum absolute atomic E-state index is 11.1. The number of nitrogens with zero attached hydrogens (tertiary/aromatic N) is 3. The van der Waals surface area contributed by atoms with Crippen LogP contribution in [0.1, 0.15) is 12.6 Å². The highest BCUT2D eigenvalue weighted by molar-refractivity contribution is 6.12. The molecule has 0 radical (unpaired) electrons. The molecule has 13 heavy (non-hydrogen) atoms. The van der Waals surface area contributed by atoms with E-state index in [2.05, 4.69) is 15.4 Å². The second-order valence-electron chi connectivity index (χ2n) is 3.02. The molecule has 2 heterocycles. The standard InChI is InChI=1S/C8H10N4O/c1-5-8(13)10-7(9-5)6-3-4-12(2)11-6/h3-5H,1-2H3,(H,9,10,13). The van der Waals surface area contributed by atoms with E-state index in [1.807, 2.05) is 19.3 Å². The lowest BCUT2D eigenvalue weighted by Crippen LogP contribution is -2.28. The predicted octanol–water partition coefficient (Wildman–Crippen LogP) is -0.315.